The number of carbonyl (C=O) groups excluding carboxylic acids is 2. The lowest BCUT2D eigenvalue weighted by Gasteiger charge is -2.32. The number of aryl methyl sites for hydroxylation is 1. The number of halogens is 1. The summed E-state index contributed by atoms with van der Waals surface area (Å²) in [5.74, 6) is -0.0384. The lowest BCUT2D eigenvalue weighted by atomic mass is 10.0. The maximum absolute atomic E-state index is 13.8. The molecule has 0 heterocycles. The summed E-state index contributed by atoms with van der Waals surface area (Å²) in [6.07, 6.45) is 1.76. The second kappa shape index (κ2) is 14.9. The van der Waals surface area contributed by atoms with Crippen LogP contribution in [0.1, 0.15) is 36.5 Å². The molecule has 0 aliphatic carbocycles. The Morgan fingerprint density at radius 1 is 1.00 bits per heavy atom. The van der Waals surface area contributed by atoms with Crippen LogP contribution < -0.4 is 14.4 Å². The van der Waals surface area contributed by atoms with Crippen LogP contribution in [-0.2, 0) is 32.6 Å². The summed E-state index contributed by atoms with van der Waals surface area (Å²) in [5.41, 5.74) is 3.28. The summed E-state index contributed by atoms with van der Waals surface area (Å²) >= 11 is 6.25. The minimum Gasteiger partial charge on any atom is -0.495 e. The molecule has 2 amide bonds. The largest absolute Gasteiger partial charge is 0.495 e. The molecule has 41 heavy (non-hydrogen) atoms. The van der Waals surface area contributed by atoms with E-state index in [1.165, 1.54) is 17.5 Å². The molecule has 1 atom stereocenters. The molecular formula is C31H38ClN3O5S. The van der Waals surface area contributed by atoms with Gasteiger partial charge in [-0.3, -0.25) is 13.9 Å². The Morgan fingerprint density at radius 3 is 2.32 bits per heavy atom. The highest BCUT2D eigenvalue weighted by Crippen LogP contribution is 2.30. The highest BCUT2D eigenvalue weighted by atomic mass is 35.5. The van der Waals surface area contributed by atoms with Crippen molar-refractivity contribution in [2.75, 3.05) is 30.8 Å². The molecule has 8 nitrogen and oxygen atoms in total. The predicted molar refractivity (Wildman–Crippen MR) is 164 cm³/mol. The molecule has 0 radical (unpaired) electrons. The molecule has 0 aliphatic rings. The first-order valence-electron chi connectivity index (χ1n) is 13.5. The third-order valence-electron chi connectivity index (χ3n) is 6.63. The van der Waals surface area contributed by atoms with Gasteiger partial charge in [-0.15, -0.1) is 0 Å². The predicted octanol–water partition coefficient (Wildman–Crippen LogP) is 4.98. The number of nitrogens with one attached hydrogen (secondary N) is 1. The van der Waals surface area contributed by atoms with Crippen molar-refractivity contribution in [3.63, 3.8) is 0 Å². The third-order valence-corrected chi connectivity index (χ3v) is 8.12. The van der Waals surface area contributed by atoms with Gasteiger partial charge in [0.15, 0.2) is 0 Å². The average molecular weight is 600 g/mol. The van der Waals surface area contributed by atoms with Crippen molar-refractivity contribution in [3.8, 4) is 5.75 Å². The van der Waals surface area contributed by atoms with Crippen LogP contribution in [0.4, 0.5) is 5.69 Å². The first-order chi connectivity index (χ1) is 19.5. The van der Waals surface area contributed by atoms with Crippen molar-refractivity contribution in [3.05, 3.63) is 94.5 Å². The van der Waals surface area contributed by atoms with Crippen molar-refractivity contribution < 1.29 is 22.7 Å². The number of ether oxygens (including phenoxy) is 1. The maximum atomic E-state index is 13.8. The smallest absolute Gasteiger partial charge is 0.243 e. The van der Waals surface area contributed by atoms with Crippen LogP contribution in [0.25, 0.3) is 0 Å². The molecule has 3 aromatic rings. The molecule has 0 fully saturated rings. The van der Waals surface area contributed by atoms with E-state index in [4.69, 9.17) is 16.3 Å². The molecule has 10 heteroatoms. The molecule has 0 saturated carbocycles. The highest BCUT2D eigenvalue weighted by molar-refractivity contribution is 7.92. The van der Waals surface area contributed by atoms with Crippen molar-refractivity contribution in [1.29, 1.82) is 0 Å². The molecule has 0 aromatic heterocycles. The number of anilines is 1. The first kappa shape index (κ1) is 32.0. The monoisotopic (exact) mass is 599 g/mol. The zero-order valence-corrected chi connectivity index (χ0v) is 25.5. The fraction of sp³-hybridized carbons (Fsp3) is 0.355. The number of carbonyl (C=O) groups is 2. The van der Waals surface area contributed by atoms with Gasteiger partial charge in [0.05, 0.1) is 24.1 Å². The minimum absolute atomic E-state index is 0.0480. The van der Waals surface area contributed by atoms with E-state index >= 15 is 0 Å². The van der Waals surface area contributed by atoms with Crippen LogP contribution in [0, 0.1) is 6.92 Å². The van der Waals surface area contributed by atoms with Crippen molar-refractivity contribution in [2.24, 2.45) is 0 Å². The van der Waals surface area contributed by atoms with Gasteiger partial charge in [0, 0.05) is 32.5 Å². The summed E-state index contributed by atoms with van der Waals surface area (Å²) in [7, 11) is -2.18. The number of hydrogen-bond donors (Lipinski definition) is 1. The zero-order valence-electron chi connectivity index (χ0n) is 24.0. The number of methoxy groups -OCH3 is 1. The van der Waals surface area contributed by atoms with Crippen LogP contribution in [0.3, 0.4) is 0 Å². The van der Waals surface area contributed by atoms with Gasteiger partial charge in [-0.05, 0) is 49.6 Å². The second-order valence-corrected chi connectivity index (χ2v) is 12.2. The molecule has 0 bridgehead atoms. The van der Waals surface area contributed by atoms with Gasteiger partial charge in [-0.25, -0.2) is 8.42 Å². The lowest BCUT2D eigenvalue weighted by Crippen LogP contribution is -2.50. The van der Waals surface area contributed by atoms with Gasteiger partial charge in [-0.1, -0.05) is 71.8 Å². The van der Waals surface area contributed by atoms with Crippen LogP contribution >= 0.6 is 11.6 Å². The molecule has 0 unspecified atom stereocenters. The van der Waals surface area contributed by atoms with Crippen LogP contribution in [0.5, 0.6) is 5.75 Å². The van der Waals surface area contributed by atoms with E-state index in [2.05, 4.69) is 5.32 Å². The SMILES string of the molecule is CCNC(=O)[C@H](Cc1ccccc1)N(Cc1cccc(C)c1)C(=O)CCCN(c1ccc(OC)c(Cl)c1)S(C)(=O)=O. The van der Waals surface area contributed by atoms with E-state index in [-0.39, 0.29) is 42.8 Å². The number of benzene rings is 3. The molecule has 0 aliphatic heterocycles. The fourth-order valence-corrected chi connectivity index (χ4v) is 5.88. The first-order valence-corrected chi connectivity index (χ1v) is 15.7. The van der Waals surface area contributed by atoms with E-state index < -0.39 is 16.1 Å². The number of sulfonamides is 1. The number of likely N-dealkylation sites (N-methyl/N-ethyl adjacent to an activating group) is 1. The van der Waals surface area contributed by atoms with Crippen molar-refractivity contribution in [2.45, 2.75) is 45.7 Å². The van der Waals surface area contributed by atoms with Crippen LogP contribution in [-0.4, -0.2) is 57.6 Å². The Kier molecular flexibility index (Phi) is 11.6. The molecule has 1 N–H and O–H groups in total. The van der Waals surface area contributed by atoms with E-state index in [1.807, 2.05) is 68.4 Å². The topological polar surface area (TPSA) is 96.0 Å². The van der Waals surface area contributed by atoms with Crippen molar-refractivity contribution in [1.82, 2.24) is 10.2 Å². The molecule has 0 spiro atoms. The Labute approximate surface area is 248 Å². The zero-order chi connectivity index (χ0) is 30.0. The van der Waals surface area contributed by atoms with Gasteiger partial charge >= 0.3 is 0 Å². The van der Waals surface area contributed by atoms with Gasteiger partial charge < -0.3 is 15.0 Å². The van der Waals surface area contributed by atoms with E-state index in [0.29, 0.717) is 24.4 Å². The molecule has 0 saturated heterocycles. The maximum Gasteiger partial charge on any atom is 0.243 e. The fourth-order valence-electron chi connectivity index (χ4n) is 4.67. The highest BCUT2D eigenvalue weighted by Gasteiger charge is 2.30. The number of nitrogens with zero attached hydrogens (tertiary/aromatic N) is 2. The number of amides is 2. The second-order valence-electron chi connectivity index (χ2n) is 9.87. The molecular weight excluding hydrogens is 562 g/mol. The Bertz CT molecular complexity index is 1430. The van der Waals surface area contributed by atoms with E-state index in [9.17, 15) is 18.0 Å². The third kappa shape index (κ3) is 9.23. The van der Waals surface area contributed by atoms with Crippen LogP contribution in [0.2, 0.25) is 5.02 Å². The molecule has 3 rings (SSSR count). The summed E-state index contributed by atoms with van der Waals surface area (Å²) in [5, 5.41) is 3.17. The standard InChI is InChI=1S/C31H38ClN3O5S/c1-5-33-31(37)28(20-24-12-7-6-8-13-24)34(22-25-14-9-11-23(2)19-25)30(36)15-10-18-35(41(4,38)39)26-16-17-29(40-3)27(32)21-26/h6-9,11-14,16-17,19,21,28H,5,10,15,18,20,22H2,1-4H3,(H,33,37)/t28-/m0/s1. The molecule has 3 aromatic carbocycles. The molecule has 220 valence electrons. The number of rotatable bonds is 14. The lowest BCUT2D eigenvalue weighted by molar-refractivity contribution is -0.141. The van der Waals surface area contributed by atoms with Gasteiger partial charge in [-0.2, -0.15) is 0 Å². The minimum atomic E-state index is -3.66. The van der Waals surface area contributed by atoms with Crippen molar-refractivity contribution >= 4 is 39.1 Å². The quantitative estimate of drug-likeness (QED) is 0.282. The van der Waals surface area contributed by atoms with Gasteiger partial charge in [0.2, 0.25) is 21.8 Å². The Hall–Kier alpha value is -3.56. The summed E-state index contributed by atoms with van der Waals surface area (Å²) in [6, 6.07) is 21.4. The normalized spacial score (nSPS) is 11.9. The average Bonchev–Trinajstić information content (AvgIpc) is 2.93. The van der Waals surface area contributed by atoms with Gasteiger partial charge in [0.1, 0.15) is 11.8 Å². The summed E-state index contributed by atoms with van der Waals surface area (Å²) < 4.78 is 31.7. The number of hydrogen-bond acceptors (Lipinski definition) is 5. The summed E-state index contributed by atoms with van der Waals surface area (Å²) in [4.78, 5) is 28.7. The summed E-state index contributed by atoms with van der Waals surface area (Å²) in [6.45, 7) is 4.57. The Balaban J connectivity index is 1.87. The van der Waals surface area contributed by atoms with Gasteiger partial charge in [0.25, 0.3) is 0 Å². The van der Waals surface area contributed by atoms with Crippen LogP contribution in [0.15, 0.2) is 72.8 Å². The van der Waals surface area contributed by atoms with E-state index in [1.54, 1.807) is 17.0 Å². The van der Waals surface area contributed by atoms with E-state index in [0.717, 1.165) is 22.9 Å². The Morgan fingerprint density at radius 2 is 1.71 bits per heavy atom.